The summed E-state index contributed by atoms with van der Waals surface area (Å²) in [6, 6.07) is 7.92. The fourth-order valence-electron chi connectivity index (χ4n) is 2.46. The molecule has 0 heterocycles. The molecule has 0 saturated heterocycles. The first-order valence-corrected chi connectivity index (χ1v) is 9.42. The molecule has 0 aliphatic carbocycles. The van der Waals surface area contributed by atoms with E-state index >= 15 is 0 Å². The number of imide groups is 1. The van der Waals surface area contributed by atoms with Gasteiger partial charge in [0, 0.05) is 27.1 Å². The molecule has 0 bridgehead atoms. The zero-order chi connectivity index (χ0) is 22.7. The van der Waals surface area contributed by atoms with Crippen LogP contribution in [0.1, 0.15) is 25.3 Å². The monoisotopic (exact) mass is 423 g/mol. The smallest absolute Gasteiger partial charge is 0.409 e. The third kappa shape index (κ3) is 8.08. The second kappa shape index (κ2) is 12.4. The summed E-state index contributed by atoms with van der Waals surface area (Å²) in [5.41, 5.74) is 0.864. The first-order valence-electron chi connectivity index (χ1n) is 9.42. The molecule has 2 unspecified atom stereocenters. The highest BCUT2D eigenvalue weighted by Crippen LogP contribution is 2.06. The van der Waals surface area contributed by atoms with Crippen molar-refractivity contribution in [3.63, 3.8) is 0 Å². The molecule has 1 aromatic carbocycles. The Morgan fingerprint density at radius 3 is 2.33 bits per heavy atom. The maximum absolute atomic E-state index is 12.4. The number of ether oxygens (including phenoxy) is 2. The first kappa shape index (κ1) is 24.9. The van der Waals surface area contributed by atoms with Gasteiger partial charge in [0.05, 0.1) is 13.2 Å². The Morgan fingerprint density at radius 2 is 1.77 bits per heavy atom. The number of amides is 4. The zero-order valence-electron chi connectivity index (χ0n) is 17.7. The summed E-state index contributed by atoms with van der Waals surface area (Å²) in [6.45, 7) is 1.71. The van der Waals surface area contributed by atoms with Crippen molar-refractivity contribution < 1.29 is 33.8 Å². The lowest BCUT2D eigenvalue weighted by Gasteiger charge is -2.25. The summed E-state index contributed by atoms with van der Waals surface area (Å²) in [4.78, 5) is 50.2. The van der Waals surface area contributed by atoms with E-state index in [0.717, 1.165) is 17.6 Å². The van der Waals surface area contributed by atoms with Gasteiger partial charge in [-0.2, -0.15) is 0 Å². The highest BCUT2D eigenvalue weighted by molar-refractivity contribution is 5.98. The Bertz CT molecular complexity index is 724. The predicted molar refractivity (Wildman–Crippen MR) is 107 cm³/mol. The van der Waals surface area contributed by atoms with Crippen LogP contribution in [0.5, 0.6) is 0 Å². The minimum absolute atomic E-state index is 0.0106. The number of aliphatic hydroxyl groups excluding tert-OH is 1. The van der Waals surface area contributed by atoms with Crippen molar-refractivity contribution in [1.29, 1.82) is 0 Å². The molecule has 4 amide bonds. The van der Waals surface area contributed by atoms with Crippen LogP contribution in [-0.4, -0.2) is 78.8 Å². The largest absolute Gasteiger partial charge is 0.453 e. The molecule has 0 spiro atoms. The van der Waals surface area contributed by atoms with Gasteiger partial charge in [-0.25, -0.2) is 9.59 Å². The molecule has 166 valence electrons. The van der Waals surface area contributed by atoms with E-state index in [-0.39, 0.29) is 19.6 Å². The van der Waals surface area contributed by atoms with Crippen LogP contribution < -0.4 is 5.32 Å². The Labute approximate surface area is 175 Å². The molecule has 0 saturated carbocycles. The number of nitrogens with zero attached hydrogens (tertiary/aromatic N) is 2. The highest BCUT2D eigenvalue weighted by Gasteiger charge is 2.31. The second-order valence-electron chi connectivity index (χ2n) is 6.71. The molecule has 10 nitrogen and oxygen atoms in total. The van der Waals surface area contributed by atoms with Crippen molar-refractivity contribution >= 4 is 24.0 Å². The maximum Gasteiger partial charge on any atom is 0.409 e. The van der Waals surface area contributed by atoms with E-state index in [1.54, 1.807) is 7.05 Å². The lowest BCUT2D eigenvalue weighted by Crippen LogP contribution is -2.54. The van der Waals surface area contributed by atoms with Crippen molar-refractivity contribution in [1.82, 2.24) is 15.1 Å². The Morgan fingerprint density at radius 1 is 1.13 bits per heavy atom. The average molecular weight is 423 g/mol. The van der Waals surface area contributed by atoms with Gasteiger partial charge >= 0.3 is 12.2 Å². The fraction of sp³-hybridized carbons (Fsp3) is 0.500. The molecule has 1 aromatic rings. The van der Waals surface area contributed by atoms with Gasteiger partial charge in [-0.1, -0.05) is 30.3 Å². The summed E-state index contributed by atoms with van der Waals surface area (Å²) in [7, 11) is 3.93. The average Bonchev–Trinajstić information content (AvgIpc) is 2.74. The van der Waals surface area contributed by atoms with Crippen molar-refractivity contribution in [2.45, 2.75) is 38.5 Å². The van der Waals surface area contributed by atoms with Crippen molar-refractivity contribution in [3.8, 4) is 0 Å². The number of likely N-dealkylation sites (N-methyl/N-ethyl adjacent to an activating group) is 1. The van der Waals surface area contributed by atoms with Crippen LogP contribution in [0.3, 0.4) is 0 Å². The van der Waals surface area contributed by atoms with Crippen LogP contribution in [0.15, 0.2) is 30.3 Å². The number of hydrogen-bond acceptors (Lipinski definition) is 7. The van der Waals surface area contributed by atoms with E-state index in [2.05, 4.69) is 10.1 Å². The Balaban J connectivity index is 2.45. The van der Waals surface area contributed by atoms with Gasteiger partial charge in [-0.15, -0.1) is 0 Å². The Kier molecular flexibility index (Phi) is 10.3. The van der Waals surface area contributed by atoms with Crippen LogP contribution >= 0.6 is 0 Å². The van der Waals surface area contributed by atoms with Crippen LogP contribution in [0.25, 0.3) is 0 Å². The third-order valence-electron chi connectivity index (χ3n) is 4.31. The standard InChI is InChI=1S/C20H29N3O7/c1-14(24)17(21-19(27)29-4)18(26)23(3)16(25)11-8-12-22(2)20(28)30-13-15-9-6-5-7-10-15/h5-7,9-10,14,17,24H,8,11-13H2,1-4H3,(H,21,27). The van der Waals surface area contributed by atoms with Crippen LogP contribution in [0.4, 0.5) is 9.59 Å². The molecule has 0 radical (unpaired) electrons. The predicted octanol–water partition coefficient (Wildman–Crippen LogP) is 1.13. The van der Waals surface area contributed by atoms with Gasteiger partial charge in [0.2, 0.25) is 5.91 Å². The van der Waals surface area contributed by atoms with Gasteiger partial charge in [0.1, 0.15) is 12.6 Å². The molecule has 30 heavy (non-hydrogen) atoms. The number of methoxy groups -OCH3 is 1. The SMILES string of the molecule is COC(=O)NC(C(=O)N(C)C(=O)CCCN(C)C(=O)OCc1ccccc1)C(C)O. The van der Waals surface area contributed by atoms with E-state index in [0.29, 0.717) is 6.42 Å². The van der Waals surface area contributed by atoms with Crippen LogP contribution in [0, 0.1) is 0 Å². The number of alkyl carbamates (subject to hydrolysis) is 1. The van der Waals surface area contributed by atoms with Crippen molar-refractivity contribution in [2.24, 2.45) is 0 Å². The number of aliphatic hydroxyl groups is 1. The van der Waals surface area contributed by atoms with Crippen molar-refractivity contribution in [3.05, 3.63) is 35.9 Å². The molecule has 2 atom stereocenters. The van der Waals surface area contributed by atoms with E-state index in [1.165, 1.54) is 18.9 Å². The summed E-state index contributed by atoms with van der Waals surface area (Å²) in [5.74, 6) is -1.28. The first-order chi connectivity index (χ1) is 14.2. The summed E-state index contributed by atoms with van der Waals surface area (Å²) >= 11 is 0. The molecule has 1 rings (SSSR count). The summed E-state index contributed by atoms with van der Waals surface area (Å²) in [5, 5.41) is 11.9. The quantitative estimate of drug-likeness (QED) is 0.610. The third-order valence-corrected chi connectivity index (χ3v) is 4.31. The molecule has 0 aliphatic heterocycles. The molecule has 2 N–H and O–H groups in total. The molecule has 0 aliphatic rings. The Hall–Kier alpha value is -3.14. The van der Waals surface area contributed by atoms with Gasteiger partial charge in [-0.3, -0.25) is 14.5 Å². The number of carbonyl (C=O) groups is 4. The number of benzene rings is 1. The van der Waals surface area contributed by atoms with Gasteiger partial charge in [-0.05, 0) is 18.9 Å². The van der Waals surface area contributed by atoms with Gasteiger partial charge < -0.3 is 24.8 Å². The van der Waals surface area contributed by atoms with Crippen LogP contribution in [0.2, 0.25) is 0 Å². The summed E-state index contributed by atoms with van der Waals surface area (Å²) < 4.78 is 9.61. The van der Waals surface area contributed by atoms with E-state index < -0.39 is 36.1 Å². The zero-order valence-corrected chi connectivity index (χ0v) is 17.7. The lowest BCUT2D eigenvalue weighted by molar-refractivity contribution is -0.146. The minimum atomic E-state index is -1.32. The molecule has 0 fully saturated rings. The lowest BCUT2D eigenvalue weighted by atomic mass is 10.1. The second-order valence-corrected chi connectivity index (χ2v) is 6.71. The normalized spacial score (nSPS) is 12.3. The minimum Gasteiger partial charge on any atom is -0.453 e. The highest BCUT2D eigenvalue weighted by atomic mass is 16.6. The van der Waals surface area contributed by atoms with Crippen LogP contribution in [-0.2, 0) is 25.7 Å². The maximum atomic E-state index is 12.4. The van der Waals surface area contributed by atoms with Gasteiger partial charge in [0.25, 0.3) is 5.91 Å². The number of nitrogens with one attached hydrogen (secondary N) is 1. The molecule has 10 heteroatoms. The fourth-order valence-corrected chi connectivity index (χ4v) is 2.46. The van der Waals surface area contributed by atoms with Gasteiger partial charge in [0.15, 0.2) is 0 Å². The topological polar surface area (TPSA) is 125 Å². The van der Waals surface area contributed by atoms with E-state index in [9.17, 15) is 24.3 Å². The van der Waals surface area contributed by atoms with Crippen molar-refractivity contribution in [2.75, 3.05) is 27.7 Å². The summed E-state index contributed by atoms with van der Waals surface area (Å²) in [6.07, 6.45) is -2.35. The molecule has 0 aromatic heterocycles. The van der Waals surface area contributed by atoms with E-state index in [4.69, 9.17) is 4.74 Å². The molecular formula is C20H29N3O7. The number of rotatable bonds is 9. The van der Waals surface area contributed by atoms with E-state index in [1.807, 2.05) is 30.3 Å². The number of carbonyl (C=O) groups excluding carboxylic acids is 4. The number of hydrogen-bond donors (Lipinski definition) is 2. The molecular weight excluding hydrogens is 394 g/mol.